The summed E-state index contributed by atoms with van der Waals surface area (Å²) in [5, 5.41) is 12.1. The largest absolute Gasteiger partial charge is 0.350 e. The first-order valence-corrected chi connectivity index (χ1v) is 7.50. The lowest BCUT2D eigenvalue weighted by molar-refractivity contribution is -0.122. The van der Waals surface area contributed by atoms with Crippen LogP contribution in [0.25, 0.3) is 0 Å². The summed E-state index contributed by atoms with van der Waals surface area (Å²) in [4.78, 5) is 23.8. The summed E-state index contributed by atoms with van der Waals surface area (Å²) in [7, 11) is 0. The molecule has 7 heteroatoms. The number of hydrogen-bond donors (Lipinski definition) is 3. The Morgan fingerprint density at radius 1 is 1.26 bits per heavy atom. The van der Waals surface area contributed by atoms with Crippen molar-refractivity contribution in [3.63, 3.8) is 0 Å². The molecule has 0 aliphatic carbocycles. The van der Waals surface area contributed by atoms with Crippen LogP contribution in [0, 0.1) is 0 Å². The third-order valence-electron chi connectivity index (χ3n) is 3.27. The predicted molar refractivity (Wildman–Crippen MR) is 87.8 cm³/mol. The van der Waals surface area contributed by atoms with Crippen LogP contribution in [0.15, 0.2) is 42.7 Å². The molecule has 23 heavy (non-hydrogen) atoms. The van der Waals surface area contributed by atoms with Crippen molar-refractivity contribution in [1.82, 2.24) is 20.4 Å². The maximum atomic E-state index is 12.0. The fraction of sp³-hybridized carbons (Fsp3) is 0.312. The monoisotopic (exact) mass is 315 g/mol. The van der Waals surface area contributed by atoms with E-state index in [0.29, 0.717) is 12.2 Å². The second-order valence-electron chi connectivity index (χ2n) is 5.11. The second kappa shape index (κ2) is 7.98. The molecule has 0 fully saturated rings. The van der Waals surface area contributed by atoms with Crippen molar-refractivity contribution >= 4 is 17.6 Å². The lowest BCUT2D eigenvalue weighted by Crippen LogP contribution is -2.46. The molecule has 1 aromatic heterocycles. The molecule has 3 amide bonds. The zero-order valence-electron chi connectivity index (χ0n) is 13.2. The van der Waals surface area contributed by atoms with Crippen LogP contribution in [-0.4, -0.2) is 27.8 Å². The van der Waals surface area contributed by atoms with Gasteiger partial charge in [-0.1, -0.05) is 30.3 Å². The minimum atomic E-state index is -0.639. The lowest BCUT2D eigenvalue weighted by Gasteiger charge is -2.14. The van der Waals surface area contributed by atoms with Crippen molar-refractivity contribution in [3.8, 4) is 0 Å². The van der Waals surface area contributed by atoms with Gasteiger partial charge in [0.15, 0.2) is 0 Å². The highest BCUT2D eigenvalue weighted by Gasteiger charge is 2.15. The van der Waals surface area contributed by atoms with Gasteiger partial charge in [-0.25, -0.2) is 4.79 Å². The van der Waals surface area contributed by atoms with Crippen molar-refractivity contribution in [1.29, 1.82) is 0 Å². The van der Waals surface area contributed by atoms with Crippen molar-refractivity contribution in [2.24, 2.45) is 0 Å². The van der Waals surface area contributed by atoms with Crippen molar-refractivity contribution < 1.29 is 9.59 Å². The predicted octanol–water partition coefficient (Wildman–Crippen LogP) is 1.73. The van der Waals surface area contributed by atoms with E-state index in [4.69, 9.17) is 0 Å². The summed E-state index contributed by atoms with van der Waals surface area (Å²) in [6.07, 6.45) is 3.28. The number of aryl methyl sites for hydroxylation is 1. The van der Waals surface area contributed by atoms with Gasteiger partial charge in [-0.2, -0.15) is 5.10 Å². The summed E-state index contributed by atoms with van der Waals surface area (Å²) in [6, 6.07) is 8.51. The summed E-state index contributed by atoms with van der Waals surface area (Å²) in [6.45, 7) is 4.74. The Kier molecular flexibility index (Phi) is 5.74. The van der Waals surface area contributed by atoms with E-state index in [9.17, 15) is 9.59 Å². The Morgan fingerprint density at radius 2 is 2.00 bits per heavy atom. The van der Waals surface area contributed by atoms with Gasteiger partial charge in [0.25, 0.3) is 0 Å². The highest BCUT2D eigenvalue weighted by Crippen LogP contribution is 2.04. The van der Waals surface area contributed by atoms with Gasteiger partial charge in [-0.05, 0) is 19.4 Å². The minimum Gasteiger partial charge on any atom is -0.350 e. The van der Waals surface area contributed by atoms with Crippen molar-refractivity contribution in [2.75, 3.05) is 5.32 Å². The van der Waals surface area contributed by atoms with Gasteiger partial charge >= 0.3 is 6.03 Å². The first-order chi connectivity index (χ1) is 11.1. The molecule has 7 nitrogen and oxygen atoms in total. The third-order valence-corrected chi connectivity index (χ3v) is 3.27. The maximum Gasteiger partial charge on any atom is 0.319 e. The van der Waals surface area contributed by atoms with E-state index in [-0.39, 0.29) is 5.91 Å². The third kappa shape index (κ3) is 5.14. The fourth-order valence-corrected chi connectivity index (χ4v) is 1.97. The second-order valence-corrected chi connectivity index (χ2v) is 5.11. The van der Waals surface area contributed by atoms with Gasteiger partial charge in [0, 0.05) is 19.3 Å². The highest BCUT2D eigenvalue weighted by molar-refractivity contribution is 5.93. The van der Waals surface area contributed by atoms with Gasteiger partial charge in [0.1, 0.15) is 6.04 Å². The van der Waals surface area contributed by atoms with E-state index in [0.717, 1.165) is 12.1 Å². The van der Waals surface area contributed by atoms with Crippen LogP contribution >= 0.6 is 0 Å². The Labute approximate surface area is 135 Å². The van der Waals surface area contributed by atoms with E-state index in [1.165, 1.54) is 0 Å². The van der Waals surface area contributed by atoms with Gasteiger partial charge in [-0.15, -0.1) is 0 Å². The molecule has 1 atom stereocenters. The van der Waals surface area contributed by atoms with E-state index in [1.54, 1.807) is 24.0 Å². The van der Waals surface area contributed by atoms with E-state index in [2.05, 4.69) is 21.0 Å². The van der Waals surface area contributed by atoms with Gasteiger partial charge in [-0.3, -0.25) is 9.48 Å². The van der Waals surface area contributed by atoms with Crippen LogP contribution in [0.4, 0.5) is 10.5 Å². The smallest absolute Gasteiger partial charge is 0.319 e. The van der Waals surface area contributed by atoms with Gasteiger partial charge < -0.3 is 16.0 Å². The number of nitrogens with zero attached hydrogens (tertiary/aromatic N) is 2. The molecule has 3 N–H and O–H groups in total. The van der Waals surface area contributed by atoms with Crippen LogP contribution in [-0.2, 0) is 17.9 Å². The van der Waals surface area contributed by atoms with Crippen LogP contribution in [0.5, 0.6) is 0 Å². The molecule has 1 unspecified atom stereocenters. The normalized spacial score (nSPS) is 11.6. The average Bonchev–Trinajstić information content (AvgIpc) is 3.00. The fourth-order valence-electron chi connectivity index (χ4n) is 1.97. The summed E-state index contributed by atoms with van der Waals surface area (Å²) < 4.78 is 1.70. The Hall–Kier alpha value is -2.83. The van der Waals surface area contributed by atoms with Crippen LogP contribution < -0.4 is 16.0 Å². The lowest BCUT2D eigenvalue weighted by atomic mass is 10.2. The average molecular weight is 315 g/mol. The number of amides is 3. The molecule has 0 aliphatic rings. The molecular weight excluding hydrogens is 294 g/mol. The minimum absolute atomic E-state index is 0.242. The van der Waals surface area contributed by atoms with E-state index in [1.807, 2.05) is 37.3 Å². The zero-order valence-corrected chi connectivity index (χ0v) is 13.2. The molecular formula is C16H21N5O2. The summed E-state index contributed by atoms with van der Waals surface area (Å²) in [5.74, 6) is -0.242. The van der Waals surface area contributed by atoms with E-state index >= 15 is 0 Å². The molecule has 0 saturated heterocycles. The first kappa shape index (κ1) is 16.5. The Bertz CT molecular complexity index is 654. The molecule has 122 valence electrons. The summed E-state index contributed by atoms with van der Waals surface area (Å²) in [5.41, 5.74) is 1.59. The number of urea groups is 1. The van der Waals surface area contributed by atoms with Gasteiger partial charge in [0.2, 0.25) is 5.91 Å². The molecule has 0 radical (unpaired) electrons. The number of hydrogen-bond acceptors (Lipinski definition) is 3. The van der Waals surface area contributed by atoms with Crippen molar-refractivity contribution in [3.05, 3.63) is 48.3 Å². The number of carbonyl (C=O) groups excluding carboxylic acids is 2. The number of aromatic nitrogens is 2. The maximum absolute atomic E-state index is 12.0. The first-order valence-electron chi connectivity index (χ1n) is 7.50. The van der Waals surface area contributed by atoms with Crippen molar-refractivity contribution in [2.45, 2.75) is 33.0 Å². The number of benzene rings is 1. The Morgan fingerprint density at radius 3 is 2.65 bits per heavy atom. The Balaban J connectivity index is 1.77. The molecule has 1 aromatic carbocycles. The highest BCUT2D eigenvalue weighted by atomic mass is 16.2. The molecule has 0 bridgehead atoms. The standard InChI is InChI=1S/C16H21N5O2/c1-3-21-11-14(10-18-21)20-16(23)19-12(2)15(22)17-9-13-7-5-4-6-8-13/h4-8,10-12H,3,9H2,1-2H3,(H,17,22)(H2,19,20,23). The van der Waals surface area contributed by atoms with Crippen LogP contribution in [0.3, 0.4) is 0 Å². The molecule has 0 aliphatic heterocycles. The number of nitrogens with one attached hydrogen (secondary N) is 3. The van der Waals surface area contributed by atoms with E-state index < -0.39 is 12.1 Å². The number of carbonyl (C=O) groups is 2. The SMILES string of the molecule is CCn1cc(NC(=O)NC(C)C(=O)NCc2ccccc2)cn1. The number of anilines is 1. The quantitative estimate of drug-likeness (QED) is 0.758. The molecule has 2 aromatic rings. The molecule has 0 saturated carbocycles. The molecule has 1 heterocycles. The van der Waals surface area contributed by atoms with Crippen LogP contribution in [0.1, 0.15) is 19.4 Å². The number of rotatable bonds is 6. The summed E-state index contributed by atoms with van der Waals surface area (Å²) >= 11 is 0. The topological polar surface area (TPSA) is 88.0 Å². The zero-order chi connectivity index (χ0) is 16.7. The molecule has 2 rings (SSSR count). The van der Waals surface area contributed by atoms with Gasteiger partial charge in [0.05, 0.1) is 11.9 Å². The molecule has 0 spiro atoms. The van der Waals surface area contributed by atoms with Crippen LogP contribution in [0.2, 0.25) is 0 Å².